The Hall–Kier alpha value is -0.740. The molecule has 0 saturated carbocycles. The Kier molecular flexibility index (Phi) is 5.68. The maximum atomic E-state index is 11.8. The molecule has 0 aromatic carbocycles. The Morgan fingerprint density at radius 3 is 2.53 bits per heavy atom. The van der Waals surface area contributed by atoms with Crippen molar-refractivity contribution in [3.05, 3.63) is 23.5 Å². The lowest BCUT2D eigenvalue weighted by atomic mass is 10.5. The molecule has 7 nitrogen and oxygen atoms in total. The summed E-state index contributed by atoms with van der Waals surface area (Å²) in [5.41, 5.74) is 0. The molecule has 0 aliphatic rings. The number of pyridine rings is 1. The third-order valence-electron chi connectivity index (χ3n) is 2.04. The molecule has 19 heavy (non-hydrogen) atoms. The van der Waals surface area contributed by atoms with E-state index in [1.807, 2.05) is 0 Å². The Bertz CT molecular complexity index is 631. The predicted octanol–water partition coefficient (Wildman–Crippen LogP) is -0.0474. The first-order valence-corrected chi connectivity index (χ1v) is 8.87. The molecule has 0 atom stereocenters. The summed E-state index contributed by atoms with van der Waals surface area (Å²) in [6, 6.07) is 2.71. The molecule has 10 heteroatoms. The fraction of sp³-hybridized carbons (Fsp3) is 0.444. The molecular weight excluding hydrogens is 314 g/mol. The molecule has 0 aliphatic heterocycles. The van der Waals surface area contributed by atoms with E-state index in [-0.39, 0.29) is 28.9 Å². The number of nitrogens with one attached hydrogen (secondary N) is 2. The Morgan fingerprint density at radius 2 is 1.95 bits per heavy atom. The highest BCUT2D eigenvalue weighted by Crippen LogP contribution is 2.17. The van der Waals surface area contributed by atoms with Crippen LogP contribution >= 0.6 is 11.6 Å². The third kappa shape index (κ3) is 5.03. The Labute approximate surface area is 117 Å². The van der Waals surface area contributed by atoms with Gasteiger partial charge in [0.05, 0.1) is 5.75 Å². The molecule has 1 rings (SSSR count). The lowest BCUT2D eigenvalue weighted by molar-refractivity contribution is 0.576. The molecule has 0 fully saturated rings. The predicted molar refractivity (Wildman–Crippen MR) is 71.9 cm³/mol. The van der Waals surface area contributed by atoms with Crippen LogP contribution in [0.1, 0.15) is 6.92 Å². The summed E-state index contributed by atoms with van der Waals surface area (Å²) >= 11 is 5.67. The summed E-state index contributed by atoms with van der Waals surface area (Å²) in [6.45, 7) is 1.64. The number of sulfonamides is 2. The first kappa shape index (κ1) is 16.3. The van der Waals surface area contributed by atoms with Crippen molar-refractivity contribution in [1.82, 2.24) is 14.4 Å². The fourth-order valence-corrected chi connectivity index (χ4v) is 3.82. The number of rotatable bonds is 7. The van der Waals surface area contributed by atoms with Crippen LogP contribution in [0.3, 0.4) is 0 Å². The minimum atomic E-state index is -3.86. The second-order valence-corrected chi connectivity index (χ2v) is 7.53. The van der Waals surface area contributed by atoms with Gasteiger partial charge in [0.2, 0.25) is 20.0 Å². The summed E-state index contributed by atoms with van der Waals surface area (Å²) in [4.78, 5) is 3.46. The summed E-state index contributed by atoms with van der Waals surface area (Å²) in [5, 5.41) is -0.162. The number of hydrogen-bond acceptors (Lipinski definition) is 5. The van der Waals surface area contributed by atoms with Crippen molar-refractivity contribution in [1.29, 1.82) is 0 Å². The number of halogens is 1. The van der Waals surface area contributed by atoms with Gasteiger partial charge >= 0.3 is 0 Å². The molecule has 0 bridgehead atoms. The van der Waals surface area contributed by atoms with Gasteiger partial charge in [-0.3, -0.25) is 0 Å². The average molecular weight is 328 g/mol. The van der Waals surface area contributed by atoms with Gasteiger partial charge in [-0.2, -0.15) is 0 Å². The van der Waals surface area contributed by atoms with Crippen LogP contribution in [0, 0.1) is 0 Å². The molecule has 108 valence electrons. The molecule has 0 spiro atoms. The lowest BCUT2D eigenvalue weighted by Gasteiger charge is -2.08. The van der Waals surface area contributed by atoms with Crippen LogP contribution in [0.25, 0.3) is 0 Å². The van der Waals surface area contributed by atoms with Crippen LogP contribution in [0.2, 0.25) is 5.15 Å². The van der Waals surface area contributed by atoms with E-state index >= 15 is 0 Å². The van der Waals surface area contributed by atoms with Gasteiger partial charge in [-0.05, 0) is 12.1 Å². The van der Waals surface area contributed by atoms with Crippen molar-refractivity contribution in [2.45, 2.75) is 11.8 Å². The molecule has 1 aromatic rings. The van der Waals surface area contributed by atoms with Crippen molar-refractivity contribution in [2.24, 2.45) is 0 Å². The second-order valence-electron chi connectivity index (χ2n) is 3.51. The van der Waals surface area contributed by atoms with Crippen LogP contribution in [-0.2, 0) is 20.0 Å². The zero-order valence-corrected chi connectivity index (χ0v) is 12.5. The minimum Gasteiger partial charge on any atom is -0.243 e. The minimum absolute atomic E-state index is 0.162. The van der Waals surface area contributed by atoms with E-state index in [9.17, 15) is 16.8 Å². The Balaban J connectivity index is 2.70. The first-order chi connectivity index (χ1) is 8.78. The van der Waals surface area contributed by atoms with Crippen molar-refractivity contribution in [3.63, 3.8) is 0 Å². The second kappa shape index (κ2) is 6.62. The maximum Gasteiger partial charge on any atom is 0.243 e. The SMILES string of the molecule is CCNS(=O)(=O)CCNS(=O)(=O)c1cccnc1Cl. The molecule has 1 heterocycles. The summed E-state index contributed by atoms with van der Waals surface area (Å²) in [5.74, 6) is -0.349. The zero-order valence-electron chi connectivity index (χ0n) is 10.1. The van der Waals surface area contributed by atoms with Crippen LogP contribution in [0.15, 0.2) is 23.2 Å². The standard InChI is InChI=1S/C9H14ClN3O4S2/c1-2-12-18(14,15)7-6-13-19(16,17)8-4-3-5-11-9(8)10/h3-5,12-13H,2,6-7H2,1H3. The van der Waals surface area contributed by atoms with E-state index in [0.29, 0.717) is 0 Å². The highest BCUT2D eigenvalue weighted by molar-refractivity contribution is 7.90. The highest BCUT2D eigenvalue weighted by Gasteiger charge is 2.19. The van der Waals surface area contributed by atoms with Crippen LogP contribution in [0.4, 0.5) is 0 Å². The van der Waals surface area contributed by atoms with E-state index in [4.69, 9.17) is 11.6 Å². The topological polar surface area (TPSA) is 105 Å². The number of nitrogens with zero attached hydrogens (tertiary/aromatic N) is 1. The summed E-state index contributed by atoms with van der Waals surface area (Å²) < 4.78 is 50.8. The summed E-state index contributed by atoms with van der Waals surface area (Å²) in [7, 11) is -7.34. The average Bonchev–Trinajstić information content (AvgIpc) is 2.28. The number of hydrogen-bond donors (Lipinski definition) is 2. The molecule has 0 radical (unpaired) electrons. The number of aromatic nitrogens is 1. The van der Waals surface area contributed by atoms with Crippen molar-refractivity contribution >= 4 is 31.6 Å². The molecule has 0 unspecified atom stereocenters. The van der Waals surface area contributed by atoms with Gasteiger partial charge in [-0.1, -0.05) is 18.5 Å². The van der Waals surface area contributed by atoms with Gasteiger partial charge in [0.15, 0.2) is 0 Å². The van der Waals surface area contributed by atoms with Gasteiger partial charge < -0.3 is 0 Å². The highest BCUT2D eigenvalue weighted by atomic mass is 35.5. The molecule has 0 saturated heterocycles. The van der Waals surface area contributed by atoms with Gasteiger partial charge in [0, 0.05) is 19.3 Å². The normalized spacial score (nSPS) is 12.5. The zero-order chi connectivity index (χ0) is 14.5. The van der Waals surface area contributed by atoms with E-state index < -0.39 is 20.0 Å². The summed E-state index contributed by atoms with van der Waals surface area (Å²) in [6.07, 6.45) is 1.36. The van der Waals surface area contributed by atoms with E-state index in [2.05, 4.69) is 14.4 Å². The Morgan fingerprint density at radius 1 is 1.26 bits per heavy atom. The fourth-order valence-electron chi connectivity index (χ4n) is 1.25. The molecular formula is C9H14ClN3O4S2. The molecule has 0 aliphatic carbocycles. The van der Waals surface area contributed by atoms with Crippen LogP contribution in [0.5, 0.6) is 0 Å². The van der Waals surface area contributed by atoms with Gasteiger partial charge in [0.25, 0.3) is 0 Å². The maximum absolute atomic E-state index is 11.8. The van der Waals surface area contributed by atoms with Crippen LogP contribution in [-0.4, -0.2) is 40.7 Å². The quantitative estimate of drug-likeness (QED) is 0.683. The lowest BCUT2D eigenvalue weighted by Crippen LogP contribution is -2.34. The van der Waals surface area contributed by atoms with Gasteiger partial charge in [-0.15, -0.1) is 0 Å². The van der Waals surface area contributed by atoms with Crippen molar-refractivity contribution < 1.29 is 16.8 Å². The molecule has 1 aromatic heterocycles. The molecule has 2 N–H and O–H groups in total. The van der Waals surface area contributed by atoms with E-state index in [0.717, 1.165) is 0 Å². The van der Waals surface area contributed by atoms with Gasteiger partial charge in [0.1, 0.15) is 10.0 Å². The van der Waals surface area contributed by atoms with E-state index in [1.54, 1.807) is 6.92 Å². The van der Waals surface area contributed by atoms with Crippen molar-refractivity contribution in [3.8, 4) is 0 Å². The van der Waals surface area contributed by atoms with Gasteiger partial charge in [-0.25, -0.2) is 31.3 Å². The van der Waals surface area contributed by atoms with Crippen molar-refractivity contribution in [2.75, 3.05) is 18.8 Å². The molecule has 0 amide bonds. The third-order valence-corrected chi connectivity index (χ3v) is 5.42. The van der Waals surface area contributed by atoms with Crippen LogP contribution < -0.4 is 9.44 Å². The first-order valence-electron chi connectivity index (χ1n) is 5.36. The monoisotopic (exact) mass is 327 g/mol. The smallest absolute Gasteiger partial charge is 0.243 e. The largest absolute Gasteiger partial charge is 0.243 e. The van der Waals surface area contributed by atoms with E-state index in [1.165, 1.54) is 18.3 Å².